The highest BCUT2D eigenvalue weighted by molar-refractivity contribution is 7.89. The molecule has 0 radical (unpaired) electrons. The molecule has 0 aliphatic heterocycles. The molecule has 1 aromatic rings. The summed E-state index contributed by atoms with van der Waals surface area (Å²) in [5.74, 6) is 0.232. The van der Waals surface area contributed by atoms with Crippen molar-refractivity contribution in [1.29, 1.82) is 0 Å². The van der Waals surface area contributed by atoms with E-state index in [0.717, 1.165) is 11.1 Å². The summed E-state index contributed by atoms with van der Waals surface area (Å²) in [4.78, 5) is 0.312. The number of hydrogen-bond acceptors (Lipinski definition) is 3. The molecule has 1 unspecified atom stereocenters. The Hall–Kier alpha value is -1.07. The SMILES string of the molecule is Cc1cc(C)c(S(=O)(=O)NCC(C)C(C)(C)C)c(C)c1N. The molecular weight excluding hydrogens is 284 g/mol. The molecule has 0 amide bonds. The number of sulfonamides is 1. The van der Waals surface area contributed by atoms with Crippen LogP contribution in [-0.4, -0.2) is 15.0 Å². The van der Waals surface area contributed by atoms with E-state index in [0.29, 0.717) is 22.7 Å². The summed E-state index contributed by atoms with van der Waals surface area (Å²) < 4.78 is 27.9. The van der Waals surface area contributed by atoms with Crippen LogP contribution in [0, 0.1) is 32.1 Å². The number of nitrogens with two attached hydrogens (primary N) is 1. The van der Waals surface area contributed by atoms with Gasteiger partial charge in [-0.3, -0.25) is 0 Å². The van der Waals surface area contributed by atoms with E-state index in [1.54, 1.807) is 13.8 Å². The number of rotatable bonds is 4. The average Bonchev–Trinajstić information content (AvgIpc) is 2.31. The van der Waals surface area contributed by atoms with Gasteiger partial charge in [-0.2, -0.15) is 0 Å². The first-order valence-electron chi connectivity index (χ1n) is 7.24. The molecule has 0 spiro atoms. The van der Waals surface area contributed by atoms with Crippen LogP contribution in [0.25, 0.3) is 0 Å². The van der Waals surface area contributed by atoms with Crippen LogP contribution in [0.3, 0.4) is 0 Å². The highest BCUT2D eigenvalue weighted by Gasteiger charge is 2.25. The second kappa shape index (κ2) is 5.97. The van der Waals surface area contributed by atoms with Crippen LogP contribution in [0.2, 0.25) is 0 Å². The zero-order valence-corrected chi connectivity index (χ0v) is 15.0. The highest BCUT2D eigenvalue weighted by atomic mass is 32.2. The smallest absolute Gasteiger partial charge is 0.241 e. The van der Waals surface area contributed by atoms with Crippen molar-refractivity contribution in [2.24, 2.45) is 11.3 Å². The predicted molar refractivity (Wildman–Crippen MR) is 88.9 cm³/mol. The van der Waals surface area contributed by atoms with Crippen molar-refractivity contribution in [3.63, 3.8) is 0 Å². The van der Waals surface area contributed by atoms with E-state index in [-0.39, 0.29) is 11.3 Å². The molecule has 120 valence electrons. The zero-order chi connectivity index (χ0) is 16.6. The maximum atomic E-state index is 12.6. The van der Waals surface area contributed by atoms with E-state index in [9.17, 15) is 8.42 Å². The third-order valence-electron chi connectivity index (χ3n) is 4.29. The highest BCUT2D eigenvalue weighted by Crippen LogP contribution is 2.29. The second-order valence-electron chi connectivity index (χ2n) is 7.00. The van der Waals surface area contributed by atoms with E-state index in [4.69, 9.17) is 5.73 Å². The minimum atomic E-state index is -3.55. The fourth-order valence-electron chi connectivity index (χ4n) is 2.21. The molecular formula is C16H28N2O2S. The van der Waals surface area contributed by atoms with E-state index < -0.39 is 10.0 Å². The Balaban J connectivity index is 3.13. The molecule has 21 heavy (non-hydrogen) atoms. The van der Waals surface area contributed by atoms with Gasteiger partial charge in [-0.1, -0.05) is 33.8 Å². The van der Waals surface area contributed by atoms with Crippen molar-refractivity contribution in [2.45, 2.75) is 53.4 Å². The zero-order valence-electron chi connectivity index (χ0n) is 14.2. The summed E-state index contributed by atoms with van der Waals surface area (Å²) in [6, 6.07) is 1.82. The summed E-state index contributed by atoms with van der Waals surface area (Å²) in [5, 5.41) is 0. The van der Waals surface area contributed by atoms with Crippen LogP contribution in [0.1, 0.15) is 44.4 Å². The van der Waals surface area contributed by atoms with Gasteiger partial charge in [0.25, 0.3) is 0 Å². The quantitative estimate of drug-likeness (QED) is 0.839. The Kier molecular flexibility index (Phi) is 5.11. The van der Waals surface area contributed by atoms with Gasteiger partial charge in [0, 0.05) is 12.2 Å². The van der Waals surface area contributed by atoms with E-state index >= 15 is 0 Å². The molecule has 3 N–H and O–H groups in total. The van der Waals surface area contributed by atoms with Gasteiger partial charge in [-0.25, -0.2) is 13.1 Å². The van der Waals surface area contributed by atoms with Gasteiger partial charge in [0.15, 0.2) is 0 Å². The molecule has 0 saturated heterocycles. The van der Waals surface area contributed by atoms with Gasteiger partial charge in [0.2, 0.25) is 10.0 Å². The Morgan fingerprint density at radius 3 is 2.19 bits per heavy atom. The predicted octanol–water partition coefficient (Wildman–Crippen LogP) is 3.15. The molecule has 0 aromatic heterocycles. The van der Waals surface area contributed by atoms with Crippen LogP contribution in [0.15, 0.2) is 11.0 Å². The summed E-state index contributed by atoms with van der Waals surface area (Å²) >= 11 is 0. The Morgan fingerprint density at radius 1 is 1.19 bits per heavy atom. The van der Waals surface area contributed by atoms with Crippen LogP contribution < -0.4 is 10.5 Å². The Bertz CT molecular complexity index is 629. The van der Waals surface area contributed by atoms with Crippen LogP contribution in [0.4, 0.5) is 5.69 Å². The van der Waals surface area contributed by atoms with Crippen molar-refractivity contribution < 1.29 is 8.42 Å². The lowest BCUT2D eigenvalue weighted by molar-refractivity contribution is 0.263. The maximum absolute atomic E-state index is 12.6. The number of aryl methyl sites for hydroxylation is 2. The van der Waals surface area contributed by atoms with E-state index in [2.05, 4.69) is 25.5 Å². The number of nitrogen functional groups attached to an aromatic ring is 1. The van der Waals surface area contributed by atoms with Crippen molar-refractivity contribution in [3.05, 3.63) is 22.8 Å². The monoisotopic (exact) mass is 312 g/mol. The second-order valence-corrected chi connectivity index (χ2v) is 8.70. The number of hydrogen-bond donors (Lipinski definition) is 2. The van der Waals surface area contributed by atoms with Gasteiger partial charge in [-0.15, -0.1) is 0 Å². The first kappa shape index (κ1) is 18.0. The van der Waals surface area contributed by atoms with E-state index in [1.165, 1.54) is 0 Å². The fourth-order valence-corrected chi connectivity index (χ4v) is 3.82. The first-order valence-corrected chi connectivity index (χ1v) is 8.72. The number of benzene rings is 1. The van der Waals surface area contributed by atoms with Crippen LogP contribution >= 0.6 is 0 Å². The molecule has 0 heterocycles. The van der Waals surface area contributed by atoms with Crippen LogP contribution in [0.5, 0.6) is 0 Å². The average molecular weight is 312 g/mol. The summed E-state index contributed by atoms with van der Waals surface area (Å²) in [6.45, 7) is 14.2. The molecule has 1 aromatic carbocycles. The Labute approximate surface area is 129 Å². The van der Waals surface area contributed by atoms with E-state index in [1.807, 2.05) is 19.9 Å². The number of anilines is 1. The van der Waals surface area contributed by atoms with Gasteiger partial charge < -0.3 is 5.73 Å². The molecule has 0 bridgehead atoms. The lowest BCUT2D eigenvalue weighted by atomic mass is 9.82. The lowest BCUT2D eigenvalue weighted by Crippen LogP contribution is -2.34. The third-order valence-corrected chi connectivity index (χ3v) is 6.00. The largest absolute Gasteiger partial charge is 0.398 e. The maximum Gasteiger partial charge on any atom is 0.241 e. The van der Waals surface area contributed by atoms with Crippen LogP contribution in [-0.2, 0) is 10.0 Å². The van der Waals surface area contributed by atoms with Gasteiger partial charge in [0.05, 0.1) is 4.90 Å². The van der Waals surface area contributed by atoms with Gasteiger partial charge in [-0.05, 0) is 48.8 Å². The summed E-state index contributed by atoms with van der Waals surface area (Å²) in [5.41, 5.74) is 8.85. The summed E-state index contributed by atoms with van der Waals surface area (Å²) in [7, 11) is -3.55. The third kappa shape index (κ3) is 3.98. The normalized spacial score (nSPS) is 14.2. The standard InChI is InChI=1S/C16H28N2O2S/c1-10-8-11(2)15(13(4)14(10)17)21(19,20)18-9-12(3)16(5,6)7/h8,12,18H,9,17H2,1-7H3. The lowest BCUT2D eigenvalue weighted by Gasteiger charge is -2.27. The minimum Gasteiger partial charge on any atom is -0.398 e. The van der Waals surface area contributed by atoms with Crippen molar-refractivity contribution >= 4 is 15.7 Å². The molecule has 0 aliphatic rings. The molecule has 1 rings (SSSR count). The summed E-state index contributed by atoms with van der Waals surface area (Å²) in [6.07, 6.45) is 0. The Morgan fingerprint density at radius 2 is 1.71 bits per heavy atom. The van der Waals surface area contributed by atoms with Crippen molar-refractivity contribution in [1.82, 2.24) is 4.72 Å². The molecule has 0 saturated carbocycles. The number of nitrogens with one attached hydrogen (secondary N) is 1. The minimum absolute atomic E-state index is 0.0545. The van der Waals surface area contributed by atoms with Crippen molar-refractivity contribution in [3.8, 4) is 0 Å². The first-order chi connectivity index (χ1) is 9.38. The van der Waals surface area contributed by atoms with Gasteiger partial charge in [0.1, 0.15) is 0 Å². The fraction of sp³-hybridized carbons (Fsp3) is 0.625. The molecule has 5 heteroatoms. The van der Waals surface area contributed by atoms with Crippen molar-refractivity contribution in [2.75, 3.05) is 12.3 Å². The molecule has 1 atom stereocenters. The molecule has 0 fully saturated rings. The molecule has 0 aliphatic carbocycles. The van der Waals surface area contributed by atoms with Gasteiger partial charge >= 0.3 is 0 Å². The topological polar surface area (TPSA) is 72.2 Å². The molecule has 4 nitrogen and oxygen atoms in total.